The van der Waals surface area contributed by atoms with Crippen LogP contribution in [0.25, 0.3) is 5.52 Å². The number of aromatic nitrogens is 5. The van der Waals surface area contributed by atoms with E-state index in [2.05, 4.69) is 38.7 Å². The number of nitrogens with zero attached hydrogens (tertiary/aromatic N) is 7. The summed E-state index contributed by atoms with van der Waals surface area (Å²) in [6, 6.07) is 2.97. The molecule has 2 bridgehead atoms. The first-order chi connectivity index (χ1) is 12.7. The molecule has 7 nitrogen and oxygen atoms in total. The molecule has 3 aliphatic rings. The second-order valence-corrected chi connectivity index (χ2v) is 7.79. The molecule has 6 heterocycles. The van der Waals surface area contributed by atoms with Crippen LogP contribution in [-0.2, 0) is 0 Å². The van der Waals surface area contributed by atoms with E-state index in [0.29, 0.717) is 12.1 Å². The van der Waals surface area contributed by atoms with E-state index in [-0.39, 0.29) is 0 Å². The molecule has 26 heavy (non-hydrogen) atoms. The van der Waals surface area contributed by atoms with Crippen molar-refractivity contribution in [2.24, 2.45) is 0 Å². The molecule has 3 aromatic rings. The van der Waals surface area contributed by atoms with Gasteiger partial charge in [-0.15, -0.1) is 0 Å². The number of thioether (sulfide) groups is 1. The van der Waals surface area contributed by atoms with Crippen LogP contribution in [-0.4, -0.2) is 56.0 Å². The number of anilines is 2. The van der Waals surface area contributed by atoms with Gasteiger partial charge in [-0.05, 0) is 32.6 Å². The summed E-state index contributed by atoms with van der Waals surface area (Å²) in [5.41, 5.74) is 3.34. The summed E-state index contributed by atoms with van der Waals surface area (Å²) in [6.45, 7) is 6.14. The quantitative estimate of drug-likeness (QED) is 0.520. The van der Waals surface area contributed by atoms with E-state index in [1.54, 1.807) is 11.8 Å². The summed E-state index contributed by atoms with van der Waals surface area (Å²) in [7, 11) is 0. The highest BCUT2D eigenvalue weighted by atomic mass is 32.2. The Kier molecular flexibility index (Phi) is 3.56. The Hall–Kier alpha value is -2.35. The fraction of sp³-hybridized carbons (Fsp3) is 0.444. The van der Waals surface area contributed by atoms with Crippen molar-refractivity contribution in [2.75, 3.05) is 29.1 Å². The lowest BCUT2D eigenvalue weighted by Gasteiger charge is -2.57. The highest BCUT2D eigenvalue weighted by Crippen LogP contribution is 2.39. The maximum Gasteiger partial charge on any atom is 0.189 e. The summed E-state index contributed by atoms with van der Waals surface area (Å²) in [6.07, 6.45) is 8.81. The number of rotatable bonds is 3. The van der Waals surface area contributed by atoms with Crippen LogP contribution in [0.5, 0.6) is 0 Å². The zero-order valence-corrected chi connectivity index (χ0v) is 15.9. The van der Waals surface area contributed by atoms with Gasteiger partial charge < -0.3 is 9.80 Å². The summed E-state index contributed by atoms with van der Waals surface area (Å²) >= 11 is 1.60. The molecule has 0 spiro atoms. The third-order valence-corrected chi connectivity index (χ3v) is 6.11. The first-order valence-electron chi connectivity index (χ1n) is 8.86. The predicted octanol–water partition coefficient (Wildman–Crippen LogP) is 2.33. The molecule has 0 radical (unpaired) electrons. The van der Waals surface area contributed by atoms with Crippen molar-refractivity contribution < 1.29 is 0 Å². The largest absolute Gasteiger partial charge is 0.352 e. The lowest BCUT2D eigenvalue weighted by Crippen LogP contribution is -2.69. The van der Waals surface area contributed by atoms with Crippen molar-refractivity contribution in [3.8, 4) is 0 Å². The van der Waals surface area contributed by atoms with Crippen molar-refractivity contribution in [2.45, 2.75) is 37.5 Å². The van der Waals surface area contributed by atoms with E-state index in [9.17, 15) is 0 Å². The minimum atomic E-state index is 0.467. The van der Waals surface area contributed by atoms with Crippen molar-refractivity contribution in [1.82, 2.24) is 24.6 Å². The molecule has 3 aromatic heterocycles. The molecular weight excluding hydrogens is 346 g/mol. The van der Waals surface area contributed by atoms with Crippen molar-refractivity contribution >= 4 is 28.9 Å². The van der Waals surface area contributed by atoms with Crippen molar-refractivity contribution in [1.29, 1.82) is 0 Å². The molecule has 0 aromatic carbocycles. The molecule has 8 heteroatoms. The van der Waals surface area contributed by atoms with Gasteiger partial charge >= 0.3 is 0 Å². The Labute approximate surface area is 156 Å². The molecule has 2 atom stereocenters. The topological polar surface area (TPSA) is 62.5 Å². The van der Waals surface area contributed by atoms with Crippen LogP contribution in [0, 0.1) is 13.8 Å². The van der Waals surface area contributed by atoms with Crippen LogP contribution in [0.15, 0.2) is 29.8 Å². The van der Waals surface area contributed by atoms with Crippen LogP contribution in [0.2, 0.25) is 0 Å². The maximum atomic E-state index is 4.80. The first kappa shape index (κ1) is 15.9. The number of piperidine rings is 1. The Morgan fingerprint density at radius 1 is 1.08 bits per heavy atom. The number of aryl methyl sites for hydroxylation is 1. The third-order valence-electron chi connectivity index (χ3n) is 5.57. The predicted molar refractivity (Wildman–Crippen MR) is 103 cm³/mol. The monoisotopic (exact) mass is 367 g/mol. The third kappa shape index (κ3) is 2.28. The highest BCUT2D eigenvalue weighted by molar-refractivity contribution is 7.98. The SMILES string of the molecule is CSc1nc(C)c(C)c(N2CC3CC(C2)N3c2nccn3nccc23)n1. The van der Waals surface area contributed by atoms with Crippen LogP contribution in [0.3, 0.4) is 0 Å². The van der Waals surface area contributed by atoms with E-state index in [1.165, 1.54) is 12.0 Å². The minimum absolute atomic E-state index is 0.467. The Balaban J connectivity index is 1.45. The fourth-order valence-electron chi connectivity index (χ4n) is 4.16. The molecule has 0 N–H and O–H groups in total. The van der Waals surface area contributed by atoms with Gasteiger partial charge in [-0.2, -0.15) is 5.10 Å². The van der Waals surface area contributed by atoms with Crippen LogP contribution in [0.1, 0.15) is 17.7 Å². The normalized spacial score (nSPS) is 22.0. The molecule has 134 valence electrons. The van der Waals surface area contributed by atoms with E-state index >= 15 is 0 Å². The Morgan fingerprint density at radius 3 is 2.65 bits per heavy atom. The second-order valence-electron chi connectivity index (χ2n) is 7.01. The summed E-state index contributed by atoms with van der Waals surface area (Å²) in [4.78, 5) is 18.9. The zero-order valence-electron chi connectivity index (χ0n) is 15.1. The van der Waals surface area contributed by atoms with E-state index < -0.39 is 0 Å². The average molecular weight is 367 g/mol. The molecular formula is C18H21N7S. The molecule has 3 fully saturated rings. The van der Waals surface area contributed by atoms with Crippen molar-refractivity contribution in [3.05, 3.63) is 35.9 Å². The summed E-state index contributed by atoms with van der Waals surface area (Å²) < 4.78 is 1.90. The molecule has 3 aliphatic heterocycles. The number of hydrogen-bond acceptors (Lipinski definition) is 7. The second kappa shape index (κ2) is 5.84. The van der Waals surface area contributed by atoms with Gasteiger partial charge in [-0.3, -0.25) is 0 Å². The van der Waals surface area contributed by atoms with Crippen molar-refractivity contribution in [3.63, 3.8) is 0 Å². The summed E-state index contributed by atoms with van der Waals surface area (Å²) in [5.74, 6) is 2.14. The van der Waals surface area contributed by atoms with Gasteiger partial charge in [-0.25, -0.2) is 19.5 Å². The molecule has 2 unspecified atom stereocenters. The summed E-state index contributed by atoms with van der Waals surface area (Å²) in [5, 5.41) is 5.19. The van der Waals surface area contributed by atoms with E-state index in [1.807, 2.05) is 35.4 Å². The first-order valence-corrected chi connectivity index (χ1v) is 10.1. The molecule has 0 aliphatic carbocycles. The van der Waals surface area contributed by atoms with Crippen LogP contribution >= 0.6 is 11.8 Å². The van der Waals surface area contributed by atoms with Crippen LogP contribution < -0.4 is 9.80 Å². The lowest BCUT2D eigenvalue weighted by atomic mass is 9.87. The lowest BCUT2D eigenvalue weighted by molar-refractivity contribution is 0.288. The minimum Gasteiger partial charge on any atom is -0.352 e. The maximum absolute atomic E-state index is 4.80. The molecule has 0 amide bonds. The molecule has 0 saturated carbocycles. The molecule has 3 saturated heterocycles. The van der Waals surface area contributed by atoms with Gasteiger partial charge in [0.15, 0.2) is 11.0 Å². The number of piperazine rings is 1. The van der Waals surface area contributed by atoms with Gasteiger partial charge in [-0.1, -0.05) is 11.8 Å². The Bertz CT molecular complexity index is 973. The van der Waals surface area contributed by atoms with Crippen LogP contribution in [0.4, 0.5) is 11.6 Å². The van der Waals surface area contributed by atoms with Gasteiger partial charge in [0.05, 0.1) is 18.3 Å². The number of fused-ring (bicyclic) bond motifs is 3. The van der Waals surface area contributed by atoms with Gasteiger partial charge in [0.25, 0.3) is 0 Å². The van der Waals surface area contributed by atoms with Gasteiger partial charge in [0.2, 0.25) is 0 Å². The van der Waals surface area contributed by atoms with Gasteiger partial charge in [0, 0.05) is 36.7 Å². The Morgan fingerprint density at radius 2 is 1.88 bits per heavy atom. The van der Waals surface area contributed by atoms with E-state index in [4.69, 9.17) is 4.98 Å². The average Bonchev–Trinajstić information content (AvgIpc) is 3.13. The zero-order chi connectivity index (χ0) is 17.8. The smallest absolute Gasteiger partial charge is 0.189 e. The molecule has 6 rings (SSSR count). The number of hydrogen-bond donors (Lipinski definition) is 0. The van der Waals surface area contributed by atoms with E-state index in [0.717, 1.165) is 41.1 Å². The standard InChI is InChI=1S/C18H21N7S/c1-11-12(2)21-18(26-3)22-16(11)23-9-13-8-14(10-23)25(13)17-15-4-5-20-24(15)7-6-19-17/h4-7,13-14H,8-10H2,1-3H3. The fourth-order valence-corrected chi connectivity index (χ4v) is 4.56. The highest BCUT2D eigenvalue weighted by Gasteiger charge is 2.46. The van der Waals surface area contributed by atoms with Gasteiger partial charge in [0.1, 0.15) is 11.3 Å².